The molecule has 150 valence electrons. The number of hydrogen-bond donors (Lipinski definition) is 2. The maximum atomic E-state index is 12.8. The van der Waals surface area contributed by atoms with Crippen LogP contribution in [0.3, 0.4) is 0 Å². The third kappa shape index (κ3) is 3.83. The first-order valence-corrected chi connectivity index (χ1v) is 10.3. The van der Waals surface area contributed by atoms with Gasteiger partial charge in [0.2, 0.25) is 5.91 Å². The molecule has 4 rings (SSSR count). The average Bonchev–Trinajstić information content (AvgIpc) is 3.21. The Balaban J connectivity index is 1.56. The van der Waals surface area contributed by atoms with Gasteiger partial charge in [0, 0.05) is 36.3 Å². The van der Waals surface area contributed by atoms with Crippen LogP contribution in [0.4, 0.5) is 0 Å². The molecule has 0 saturated carbocycles. The quantitative estimate of drug-likeness (QED) is 0.694. The Bertz CT molecular complexity index is 978. The van der Waals surface area contributed by atoms with Crippen molar-refractivity contribution in [1.29, 1.82) is 0 Å². The molecule has 0 radical (unpaired) electrons. The number of rotatable bonds is 5. The Labute approximate surface area is 171 Å². The van der Waals surface area contributed by atoms with Gasteiger partial charge in [-0.15, -0.1) is 0 Å². The highest BCUT2D eigenvalue weighted by Crippen LogP contribution is 2.30. The van der Waals surface area contributed by atoms with Crippen molar-refractivity contribution in [3.05, 3.63) is 65.9 Å². The van der Waals surface area contributed by atoms with Crippen LogP contribution < -0.4 is 5.73 Å². The lowest BCUT2D eigenvalue weighted by molar-refractivity contribution is -0.134. The van der Waals surface area contributed by atoms with Gasteiger partial charge in [0.15, 0.2) is 0 Å². The summed E-state index contributed by atoms with van der Waals surface area (Å²) in [7, 11) is 0. The molecule has 3 aromatic rings. The number of amides is 1. The summed E-state index contributed by atoms with van der Waals surface area (Å²) in [6, 6.07) is 18.3. The lowest BCUT2D eigenvalue weighted by Crippen LogP contribution is -2.48. The van der Waals surface area contributed by atoms with Gasteiger partial charge in [0.25, 0.3) is 0 Å². The van der Waals surface area contributed by atoms with E-state index >= 15 is 0 Å². The van der Waals surface area contributed by atoms with Gasteiger partial charge in [-0.25, -0.2) is 0 Å². The number of carbonyl (C=O) groups is 1. The van der Waals surface area contributed by atoms with Crippen molar-refractivity contribution in [1.82, 2.24) is 15.1 Å². The van der Waals surface area contributed by atoms with Gasteiger partial charge < -0.3 is 10.6 Å². The highest BCUT2D eigenvalue weighted by atomic mass is 16.2. The van der Waals surface area contributed by atoms with Gasteiger partial charge in [-0.05, 0) is 17.0 Å². The van der Waals surface area contributed by atoms with E-state index in [1.807, 2.05) is 30.0 Å². The van der Waals surface area contributed by atoms with Crippen LogP contribution in [0.2, 0.25) is 0 Å². The zero-order valence-electron chi connectivity index (χ0n) is 17.1. The highest BCUT2D eigenvalue weighted by Gasteiger charge is 2.30. The van der Waals surface area contributed by atoms with Crippen LogP contribution in [-0.4, -0.2) is 33.6 Å². The molecule has 5 nitrogen and oxygen atoms in total. The van der Waals surface area contributed by atoms with Gasteiger partial charge in [-0.1, -0.05) is 74.9 Å². The minimum atomic E-state index is -0.443. The van der Waals surface area contributed by atoms with Crippen molar-refractivity contribution in [3.63, 3.8) is 0 Å². The zero-order valence-corrected chi connectivity index (χ0v) is 17.1. The standard InChI is InChI=1S/C24H28N4O/c1-3-16(2)22(25)24(29)28-14-13-21-20(15-28)23(27-26-21)19-11-9-18(10-12-19)17-7-5-4-6-8-17/h4-12,16,22H,3,13-15,25H2,1-2H3,(H,26,27)/t16-,22+/m0/s1. The molecule has 1 aliphatic heterocycles. The second-order valence-electron chi connectivity index (χ2n) is 7.89. The Morgan fingerprint density at radius 2 is 1.76 bits per heavy atom. The van der Waals surface area contributed by atoms with Crippen LogP contribution >= 0.6 is 0 Å². The molecule has 5 heteroatoms. The first-order valence-electron chi connectivity index (χ1n) is 10.3. The van der Waals surface area contributed by atoms with Crippen molar-refractivity contribution in [3.8, 4) is 22.4 Å². The number of benzene rings is 2. The van der Waals surface area contributed by atoms with Crippen LogP contribution in [0.15, 0.2) is 54.6 Å². The molecule has 0 bridgehead atoms. The van der Waals surface area contributed by atoms with E-state index in [0.29, 0.717) is 13.1 Å². The topological polar surface area (TPSA) is 75.0 Å². The van der Waals surface area contributed by atoms with Crippen LogP contribution in [0.25, 0.3) is 22.4 Å². The Morgan fingerprint density at radius 1 is 1.10 bits per heavy atom. The number of nitrogens with one attached hydrogen (secondary N) is 1. The molecule has 29 heavy (non-hydrogen) atoms. The first-order chi connectivity index (χ1) is 14.1. The molecule has 2 atom stereocenters. The molecule has 2 heterocycles. The molecule has 0 saturated heterocycles. The van der Waals surface area contributed by atoms with Crippen molar-refractivity contribution in [2.24, 2.45) is 11.7 Å². The molecule has 0 aliphatic carbocycles. The van der Waals surface area contributed by atoms with Gasteiger partial charge in [0.1, 0.15) is 0 Å². The summed E-state index contributed by atoms with van der Waals surface area (Å²) in [5.74, 6) is 0.217. The molecular formula is C24H28N4O. The maximum absolute atomic E-state index is 12.8. The Kier molecular flexibility index (Phi) is 5.49. The molecular weight excluding hydrogens is 360 g/mol. The van der Waals surface area contributed by atoms with E-state index in [2.05, 4.69) is 53.5 Å². The summed E-state index contributed by atoms with van der Waals surface area (Å²) in [5, 5.41) is 7.74. The molecule has 0 fully saturated rings. The zero-order chi connectivity index (χ0) is 20.4. The maximum Gasteiger partial charge on any atom is 0.240 e. The number of aromatic amines is 1. The van der Waals surface area contributed by atoms with E-state index in [0.717, 1.165) is 35.4 Å². The van der Waals surface area contributed by atoms with E-state index in [9.17, 15) is 4.79 Å². The predicted octanol–water partition coefficient (Wildman–Crippen LogP) is 4.00. The van der Waals surface area contributed by atoms with Gasteiger partial charge in [-0.3, -0.25) is 9.89 Å². The summed E-state index contributed by atoms with van der Waals surface area (Å²) in [5.41, 5.74) is 12.8. The molecule has 1 aromatic heterocycles. The molecule has 3 N–H and O–H groups in total. The lowest BCUT2D eigenvalue weighted by atomic mass is 9.96. The van der Waals surface area contributed by atoms with E-state index in [4.69, 9.17) is 5.73 Å². The third-order valence-corrected chi connectivity index (χ3v) is 6.05. The van der Waals surface area contributed by atoms with Crippen molar-refractivity contribution in [2.45, 2.75) is 39.3 Å². The van der Waals surface area contributed by atoms with Crippen LogP contribution in [-0.2, 0) is 17.8 Å². The number of nitrogens with zero attached hydrogens (tertiary/aromatic N) is 2. The minimum Gasteiger partial charge on any atom is -0.336 e. The molecule has 2 aromatic carbocycles. The average molecular weight is 389 g/mol. The number of carbonyl (C=O) groups excluding carboxylic acids is 1. The Hall–Kier alpha value is -2.92. The molecule has 0 spiro atoms. The summed E-state index contributed by atoms with van der Waals surface area (Å²) in [6.45, 7) is 5.35. The van der Waals surface area contributed by atoms with E-state index in [-0.39, 0.29) is 11.8 Å². The molecule has 0 unspecified atom stereocenters. The van der Waals surface area contributed by atoms with Gasteiger partial charge in [0.05, 0.1) is 11.7 Å². The summed E-state index contributed by atoms with van der Waals surface area (Å²) in [6.07, 6.45) is 1.68. The predicted molar refractivity (Wildman–Crippen MR) is 116 cm³/mol. The van der Waals surface area contributed by atoms with Gasteiger partial charge >= 0.3 is 0 Å². The highest BCUT2D eigenvalue weighted by molar-refractivity contribution is 5.82. The van der Waals surface area contributed by atoms with E-state index in [1.54, 1.807) is 0 Å². The number of H-pyrrole nitrogens is 1. The molecule has 1 aliphatic rings. The number of fused-ring (bicyclic) bond motifs is 1. The number of aromatic nitrogens is 2. The SMILES string of the molecule is CC[C@H](C)[C@@H](N)C(=O)N1CCc2[nH]nc(-c3ccc(-c4ccccc4)cc3)c2C1. The van der Waals surface area contributed by atoms with Crippen LogP contribution in [0.1, 0.15) is 31.5 Å². The van der Waals surface area contributed by atoms with Crippen molar-refractivity contribution >= 4 is 5.91 Å². The van der Waals surface area contributed by atoms with Crippen molar-refractivity contribution < 1.29 is 4.79 Å². The van der Waals surface area contributed by atoms with Crippen LogP contribution in [0.5, 0.6) is 0 Å². The number of hydrogen-bond acceptors (Lipinski definition) is 3. The second kappa shape index (κ2) is 8.21. The monoisotopic (exact) mass is 388 g/mol. The second-order valence-corrected chi connectivity index (χ2v) is 7.89. The summed E-state index contributed by atoms with van der Waals surface area (Å²) >= 11 is 0. The Morgan fingerprint density at radius 3 is 2.45 bits per heavy atom. The smallest absolute Gasteiger partial charge is 0.240 e. The first kappa shape index (κ1) is 19.4. The third-order valence-electron chi connectivity index (χ3n) is 6.05. The summed E-state index contributed by atoms with van der Waals surface area (Å²) < 4.78 is 0. The fourth-order valence-electron chi connectivity index (χ4n) is 3.88. The summed E-state index contributed by atoms with van der Waals surface area (Å²) in [4.78, 5) is 14.7. The van der Waals surface area contributed by atoms with Gasteiger partial charge in [-0.2, -0.15) is 5.10 Å². The fraction of sp³-hybridized carbons (Fsp3) is 0.333. The normalized spacial score (nSPS) is 15.6. The van der Waals surface area contributed by atoms with E-state index in [1.165, 1.54) is 11.1 Å². The fourth-order valence-corrected chi connectivity index (χ4v) is 3.88. The molecule has 1 amide bonds. The van der Waals surface area contributed by atoms with E-state index < -0.39 is 6.04 Å². The van der Waals surface area contributed by atoms with Crippen molar-refractivity contribution in [2.75, 3.05) is 6.54 Å². The number of nitrogens with two attached hydrogens (primary N) is 1. The minimum absolute atomic E-state index is 0.0385. The lowest BCUT2D eigenvalue weighted by Gasteiger charge is -2.31. The largest absolute Gasteiger partial charge is 0.336 e. The van der Waals surface area contributed by atoms with Crippen LogP contribution in [0, 0.1) is 5.92 Å².